The number of hydrogen-bond donors (Lipinski definition) is 0. The van der Waals surface area contributed by atoms with Crippen LogP contribution in [0.1, 0.15) is 20.8 Å². The molecule has 0 bridgehead atoms. The number of halogens is 1. The minimum atomic E-state index is 1.06. The van der Waals surface area contributed by atoms with Crippen molar-refractivity contribution in [1.29, 1.82) is 0 Å². The molecule has 0 heterocycles. The van der Waals surface area contributed by atoms with Crippen molar-refractivity contribution in [2.75, 3.05) is 0 Å². The highest BCUT2D eigenvalue weighted by atomic mass is 79.9. The second-order valence-electron chi connectivity index (χ2n) is 2.35. The third-order valence-electron chi connectivity index (χ3n) is 0.348. The van der Waals surface area contributed by atoms with Crippen molar-refractivity contribution in [3.8, 4) is 0 Å². The van der Waals surface area contributed by atoms with E-state index in [0.717, 1.165) is 5.57 Å². The van der Waals surface area contributed by atoms with Crippen LogP contribution in [-0.2, 0) is 0 Å². The first kappa shape index (κ1) is 12.4. The highest BCUT2D eigenvalue weighted by Gasteiger charge is 1.64. The van der Waals surface area contributed by atoms with Gasteiger partial charge in [-0.25, -0.2) is 0 Å². The number of allylic oxidation sites excluding steroid dienone is 3. The molecule has 0 nitrogen and oxygen atoms in total. The van der Waals surface area contributed by atoms with Crippen LogP contribution in [0, 0.1) is 0 Å². The molecule has 0 saturated carbocycles. The van der Waals surface area contributed by atoms with E-state index in [2.05, 4.69) is 29.1 Å². The van der Waals surface area contributed by atoms with E-state index in [-0.39, 0.29) is 0 Å². The minimum absolute atomic E-state index is 1.06. The summed E-state index contributed by atoms with van der Waals surface area (Å²) in [6.07, 6.45) is 1.89. The van der Waals surface area contributed by atoms with Crippen LogP contribution in [0.2, 0.25) is 0 Å². The lowest BCUT2D eigenvalue weighted by molar-refractivity contribution is 1.42. The average Bonchev–Trinajstić information content (AvgIpc) is 1.62. The molecule has 58 valence electrons. The molecular weight excluding hydrogens is 188 g/mol. The summed E-state index contributed by atoms with van der Waals surface area (Å²) in [5.74, 6) is 0. The summed E-state index contributed by atoms with van der Waals surface area (Å²) in [5, 5.41) is 0. The van der Waals surface area contributed by atoms with E-state index in [4.69, 9.17) is 0 Å². The van der Waals surface area contributed by atoms with Gasteiger partial charge in [0.15, 0.2) is 0 Å². The van der Waals surface area contributed by atoms with Gasteiger partial charge < -0.3 is 0 Å². The van der Waals surface area contributed by atoms with Gasteiger partial charge in [-0.2, -0.15) is 0 Å². The van der Waals surface area contributed by atoms with Crippen molar-refractivity contribution < 1.29 is 0 Å². The van der Waals surface area contributed by atoms with Gasteiger partial charge in [-0.15, -0.1) is 6.58 Å². The van der Waals surface area contributed by atoms with E-state index < -0.39 is 0 Å². The zero-order chi connectivity index (χ0) is 8.57. The van der Waals surface area contributed by atoms with E-state index in [1.807, 2.05) is 26.8 Å². The van der Waals surface area contributed by atoms with Crippen molar-refractivity contribution in [2.24, 2.45) is 0 Å². The molecule has 1 heteroatoms. The fourth-order valence-electron chi connectivity index (χ4n) is 0.108. The Morgan fingerprint density at radius 1 is 1.20 bits per heavy atom. The Hall–Kier alpha value is -0.300. The van der Waals surface area contributed by atoms with Crippen LogP contribution in [0.5, 0.6) is 0 Å². The van der Waals surface area contributed by atoms with Gasteiger partial charge in [0, 0.05) is 0 Å². The zero-order valence-electron chi connectivity index (χ0n) is 6.95. The molecule has 0 aliphatic rings. The molecule has 0 unspecified atom stereocenters. The van der Waals surface area contributed by atoms with Gasteiger partial charge in [-0.05, 0) is 25.8 Å². The Kier molecular flexibility index (Phi) is 10.8. The summed E-state index contributed by atoms with van der Waals surface area (Å²) in [6.45, 7) is 13.1. The molecule has 0 aliphatic heterocycles. The first-order chi connectivity index (χ1) is 4.50. The molecule has 0 saturated heterocycles. The maximum atomic E-state index is 3.63. The molecule has 0 aromatic rings. The molecular formula is C9H15Br. The van der Waals surface area contributed by atoms with Crippen LogP contribution in [0.15, 0.2) is 35.4 Å². The fraction of sp³-hybridized carbons (Fsp3) is 0.333. The van der Waals surface area contributed by atoms with E-state index in [1.165, 1.54) is 5.57 Å². The normalized spacial score (nSPS) is 8.40. The predicted octanol–water partition coefficient (Wildman–Crippen LogP) is 4.05. The molecule has 0 aliphatic carbocycles. The van der Waals surface area contributed by atoms with Gasteiger partial charge in [-0.3, -0.25) is 0 Å². The molecule has 0 amide bonds. The lowest BCUT2D eigenvalue weighted by atomic mass is 10.4. The molecule has 0 fully saturated rings. The second kappa shape index (κ2) is 8.70. The van der Waals surface area contributed by atoms with Crippen LogP contribution in [0.3, 0.4) is 0 Å². The van der Waals surface area contributed by atoms with Gasteiger partial charge in [0.05, 0.1) is 0 Å². The Bertz CT molecular complexity index is 128. The van der Waals surface area contributed by atoms with Gasteiger partial charge in [-0.1, -0.05) is 39.7 Å². The summed E-state index contributed by atoms with van der Waals surface area (Å²) >= 11 is 3.11. The highest BCUT2D eigenvalue weighted by Crippen LogP contribution is 1.90. The Balaban J connectivity index is 0. The van der Waals surface area contributed by atoms with E-state index in [0.29, 0.717) is 0 Å². The molecule has 0 rings (SSSR count). The van der Waals surface area contributed by atoms with Gasteiger partial charge in [0.25, 0.3) is 0 Å². The Labute approximate surface area is 72.5 Å². The Morgan fingerprint density at radius 2 is 1.50 bits per heavy atom. The van der Waals surface area contributed by atoms with Gasteiger partial charge >= 0.3 is 0 Å². The van der Waals surface area contributed by atoms with E-state index >= 15 is 0 Å². The average molecular weight is 203 g/mol. The lowest BCUT2D eigenvalue weighted by Crippen LogP contribution is -1.52. The van der Waals surface area contributed by atoms with Crippen molar-refractivity contribution in [3.05, 3.63) is 35.4 Å². The van der Waals surface area contributed by atoms with Gasteiger partial charge in [0.1, 0.15) is 0 Å². The molecule has 0 N–H and O–H groups in total. The number of hydrogen-bond acceptors (Lipinski definition) is 0. The maximum absolute atomic E-state index is 3.63. The maximum Gasteiger partial charge on any atom is -0.0186 e. The quantitative estimate of drug-likeness (QED) is 0.445. The SMILES string of the molecule is C=C(C)C.C=C(C)C=CBr. The second-order valence-corrected chi connectivity index (χ2v) is 2.87. The monoisotopic (exact) mass is 202 g/mol. The molecule has 0 spiro atoms. The molecule has 0 aromatic heterocycles. The van der Waals surface area contributed by atoms with Gasteiger partial charge in [0.2, 0.25) is 0 Å². The third kappa shape index (κ3) is 47.4. The van der Waals surface area contributed by atoms with E-state index in [1.54, 1.807) is 4.99 Å². The molecule has 0 atom stereocenters. The molecule has 0 radical (unpaired) electrons. The molecule has 0 aromatic carbocycles. The highest BCUT2D eigenvalue weighted by molar-refractivity contribution is 9.11. The van der Waals surface area contributed by atoms with E-state index in [9.17, 15) is 0 Å². The smallest absolute Gasteiger partial charge is 0.0186 e. The van der Waals surface area contributed by atoms with Crippen molar-refractivity contribution >= 4 is 15.9 Å². The van der Waals surface area contributed by atoms with Crippen molar-refractivity contribution in [2.45, 2.75) is 20.8 Å². The summed E-state index contributed by atoms with van der Waals surface area (Å²) in [6, 6.07) is 0. The fourth-order valence-corrected chi connectivity index (χ4v) is 0.559. The van der Waals surface area contributed by atoms with Crippen LogP contribution >= 0.6 is 15.9 Å². The van der Waals surface area contributed by atoms with Crippen molar-refractivity contribution in [1.82, 2.24) is 0 Å². The minimum Gasteiger partial charge on any atom is -0.100 e. The Morgan fingerprint density at radius 3 is 1.50 bits per heavy atom. The third-order valence-corrected chi connectivity index (χ3v) is 0.612. The largest absolute Gasteiger partial charge is 0.100 e. The first-order valence-corrected chi connectivity index (χ1v) is 3.96. The summed E-state index contributed by atoms with van der Waals surface area (Å²) in [5.41, 5.74) is 2.23. The van der Waals surface area contributed by atoms with Crippen LogP contribution in [0.25, 0.3) is 0 Å². The zero-order valence-corrected chi connectivity index (χ0v) is 8.53. The van der Waals surface area contributed by atoms with Crippen LogP contribution < -0.4 is 0 Å². The number of rotatable bonds is 1. The summed E-state index contributed by atoms with van der Waals surface area (Å²) in [7, 11) is 0. The topological polar surface area (TPSA) is 0 Å². The van der Waals surface area contributed by atoms with Crippen LogP contribution in [0.4, 0.5) is 0 Å². The summed E-state index contributed by atoms with van der Waals surface area (Å²) < 4.78 is 0. The molecule has 10 heavy (non-hydrogen) atoms. The summed E-state index contributed by atoms with van der Waals surface area (Å²) in [4.78, 5) is 1.79. The predicted molar refractivity (Wildman–Crippen MR) is 53.4 cm³/mol. The first-order valence-electron chi connectivity index (χ1n) is 3.05. The lowest BCUT2D eigenvalue weighted by Gasteiger charge is -1.74. The van der Waals surface area contributed by atoms with Crippen LogP contribution in [-0.4, -0.2) is 0 Å². The van der Waals surface area contributed by atoms with Crippen molar-refractivity contribution in [3.63, 3.8) is 0 Å². The standard InChI is InChI=1S/C5H7Br.C4H8/c1-5(2)3-4-6;1-4(2)3/h3-4H,1H2,2H3;1H2,2-3H3.